The van der Waals surface area contributed by atoms with E-state index in [-0.39, 0.29) is 22.1 Å². The molecule has 6 heteroatoms. The summed E-state index contributed by atoms with van der Waals surface area (Å²) in [7, 11) is 0. The zero-order chi connectivity index (χ0) is 13.1. The molecule has 1 aliphatic rings. The maximum Gasteiger partial charge on any atom is 0.241 e. The van der Waals surface area contributed by atoms with Gasteiger partial charge >= 0.3 is 0 Å². The Morgan fingerprint density at radius 1 is 1.33 bits per heavy atom. The predicted molar refractivity (Wildman–Crippen MR) is 68.3 cm³/mol. The van der Waals surface area contributed by atoms with Gasteiger partial charge in [0.25, 0.3) is 0 Å². The second-order valence-electron chi connectivity index (χ2n) is 4.24. The molecule has 3 nitrogen and oxygen atoms in total. The van der Waals surface area contributed by atoms with Crippen molar-refractivity contribution in [2.45, 2.75) is 25.3 Å². The van der Waals surface area contributed by atoms with Gasteiger partial charge in [0.1, 0.15) is 11.6 Å². The molecule has 2 N–H and O–H groups in total. The largest absolute Gasteiger partial charge is 0.322 e. The zero-order valence-electron chi connectivity index (χ0n) is 9.60. The van der Waals surface area contributed by atoms with Gasteiger partial charge in [0.05, 0.1) is 16.2 Å². The van der Waals surface area contributed by atoms with E-state index in [9.17, 15) is 13.6 Å². The molecule has 1 amide bonds. The van der Waals surface area contributed by atoms with Crippen molar-refractivity contribution in [1.29, 1.82) is 0 Å². The fraction of sp³-hybridized carbons (Fsp3) is 0.417. The minimum absolute atomic E-state index is 0.0359. The molecule has 1 atom stereocenters. The van der Waals surface area contributed by atoms with Gasteiger partial charge in [0.15, 0.2) is 0 Å². The molecular formula is C12H13BrF2N2O. The number of hydrogen-bond acceptors (Lipinski definition) is 2. The second-order valence-corrected chi connectivity index (χ2v) is 5.09. The van der Waals surface area contributed by atoms with Gasteiger partial charge in [-0.05, 0) is 41.4 Å². The number of piperidine rings is 1. The predicted octanol–water partition coefficient (Wildman–Crippen LogP) is 2.81. The summed E-state index contributed by atoms with van der Waals surface area (Å²) in [5.41, 5.74) is -0.131. The van der Waals surface area contributed by atoms with E-state index in [2.05, 4.69) is 26.6 Å². The normalized spacial score (nSPS) is 19.6. The van der Waals surface area contributed by atoms with E-state index in [1.165, 1.54) is 0 Å². The molecule has 1 aliphatic heterocycles. The molecular weight excluding hydrogens is 306 g/mol. The first-order valence-corrected chi connectivity index (χ1v) is 6.56. The SMILES string of the molecule is O=C(Nc1cc(F)c(Br)cc1F)C1CCCCN1. The van der Waals surface area contributed by atoms with Crippen LogP contribution in [0.1, 0.15) is 19.3 Å². The average molecular weight is 319 g/mol. The molecule has 0 aromatic heterocycles. The van der Waals surface area contributed by atoms with Gasteiger partial charge < -0.3 is 10.6 Å². The molecule has 0 bridgehead atoms. The van der Waals surface area contributed by atoms with E-state index in [0.717, 1.165) is 31.5 Å². The van der Waals surface area contributed by atoms with Gasteiger partial charge in [-0.3, -0.25) is 4.79 Å². The third-order valence-corrected chi connectivity index (χ3v) is 3.50. The number of carbonyl (C=O) groups is 1. The Morgan fingerprint density at radius 3 is 2.78 bits per heavy atom. The Morgan fingerprint density at radius 2 is 2.11 bits per heavy atom. The fourth-order valence-electron chi connectivity index (χ4n) is 1.91. The molecule has 0 spiro atoms. The van der Waals surface area contributed by atoms with Crippen molar-refractivity contribution in [2.75, 3.05) is 11.9 Å². The summed E-state index contributed by atoms with van der Waals surface area (Å²) < 4.78 is 26.8. The van der Waals surface area contributed by atoms with Crippen LogP contribution in [0.25, 0.3) is 0 Å². The molecule has 0 aliphatic carbocycles. The van der Waals surface area contributed by atoms with Crippen molar-refractivity contribution in [3.05, 3.63) is 28.2 Å². The lowest BCUT2D eigenvalue weighted by atomic mass is 10.0. The topological polar surface area (TPSA) is 41.1 Å². The van der Waals surface area contributed by atoms with E-state index in [1.807, 2.05) is 0 Å². The van der Waals surface area contributed by atoms with Crippen molar-refractivity contribution in [3.8, 4) is 0 Å². The van der Waals surface area contributed by atoms with Crippen LogP contribution >= 0.6 is 15.9 Å². The molecule has 98 valence electrons. The molecule has 0 saturated carbocycles. The van der Waals surface area contributed by atoms with Crippen LogP contribution in [0.2, 0.25) is 0 Å². The first-order valence-electron chi connectivity index (χ1n) is 5.76. The lowest BCUT2D eigenvalue weighted by molar-refractivity contribution is -0.118. The van der Waals surface area contributed by atoms with Gasteiger partial charge in [-0.15, -0.1) is 0 Å². The fourth-order valence-corrected chi connectivity index (χ4v) is 2.23. The van der Waals surface area contributed by atoms with Crippen molar-refractivity contribution in [3.63, 3.8) is 0 Å². The molecule has 1 saturated heterocycles. The van der Waals surface area contributed by atoms with Crippen LogP contribution in [0.3, 0.4) is 0 Å². The second kappa shape index (κ2) is 5.75. The van der Waals surface area contributed by atoms with E-state index >= 15 is 0 Å². The molecule has 1 aromatic carbocycles. The molecule has 18 heavy (non-hydrogen) atoms. The summed E-state index contributed by atoms with van der Waals surface area (Å²) >= 11 is 2.88. The van der Waals surface area contributed by atoms with Crippen LogP contribution in [-0.4, -0.2) is 18.5 Å². The zero-order valence-corrected chi connectivity index (χ0v) is 11.2. The van der Waals surface area contributed by atoms with Gasteiger partial charge in [-0.1, -0.05) is 6.42 Å². The number of nitrogens with one attached hydrogen (secondary N) is 2. The van der Waals surface area contributed by atoms with Crippen molar-refractivity contribution in [2.24, 2.45) is 0 Å². The van der Waals surface area contributed by atoms with Crippen molar-refractivity contribution >= 4 is 27.5 Å². The Bertz CT molecular complexity index is 462. The third kappa shape index (κ3) is 3.05. The van der Waals surface area contributed by atoms with Crippen LogP contribution in [0, 0.1) is 11.6 Å². The lowest BCUT2D eigenvalue weighted by Crippen LogP contribution is -2.43. The van der Waals surface area contributed by atoms with Gasteiger partial charge in [-0.2, -0.15) is 0 Å². The summed E-state index contributed by atoms with van der Waals surface area (Å²) in [6, 6.07) is 1.64. The Kier molecular flexibility index (Phi) is 4.29. The molecule has 1 fully saturated rings. The van der Waals surface area contributed by atoms with Gasteiger partial charge in [0.2, 0.25) is 5.91 Å². The number of rotatable bonds is 2. The maximum atomic E-state index is 13.5. The third-order valence-electron chi connectivity index (χ3n) is 2.89. The van der Waals surface area contributed by atoms with Crippen LogP contribution < -0.4 is 10.6 Å². The highest BCUT2D eigenvalue weighted by molar-refractivity contribution is 9.10. The highest BCUT2D eigenvalue weighted by Gasteiger charge is 2.21. The van der Waals surface area contributed by atoms with Crippen molar-refractivity contribution in [1.82, 2.24) is 5.32 Å². The van der Waals surface area contributed by atoms with E-state index < -0.39 is 11.6 Å². The summed E-state index contributed by atoms with van der Waals surface area (Å²) in [5, 5.41) is 5.46. The summed E-state index contributed by atoms with van der Waals surface area (Å²) in [4.78, 5) is 11.8. The highest BCUT2D eigenvalue weighted by Crippen LogP contribution is 2.23. The van der Waals surface area contributed by atoms with Crippen LogP contribution in [0.5, 0.6) is 0 Å². The van der Waals surface area contributed by atoms with Crippen LogP contribution in [-0.2, 0) is 4.79 Å². The maximum absolute atomic E-state index is 13.5. The molecule has 1 unspecified atom stereocenters. The summed E-state index contributed by atoms with van der Waals surface area (Å²) in [6.45, 7) is 0.773. The summed E-state index contributed by atoms with van der Waals surface area (Å²) in [6.07, 6.45) is 2.71. The first-order chi connectivity index (χ1) is 8.58. The number of hydrogen-bond donors (Lipinski definition) is 2. The number of halogens is 3. The van der Waals surface area contributed by atoms with E-state index in [4.69, 9.17) is 0 Å². The summed E-state index contributed by atoms with van der Waals surface area (Å²) in [5.74, 6) is -1.59. The first kappa shape index (κ1) is 13.4. The Balaban J connectivity index is 2.08. The minimum atomic E-state index is -0.660. The van der Waals surface area contributed by atoms with E-state index in [1.54, 1.807) is 0 Å². The van der Waals surface area contributed by atoms with Crippen molar-refractivity contribution < 1.29 is 13.6 Å². The number of benzene rings is 1. The Labute approximate surface area is 112 Å². The molecule has 1 heterocycles. The standard InChI is InChI=1S/C12H13BrF2N2O/c13-7-5-9(15)11(6-8(7)14)17-12(18)10-3-1-2-4-16-10/h5-6,10,16H,1-4H2,(H,17,18). The number of anilines is 1. The van der Waals surface area contributed by atoms with Crippen LogP contribution in [0.15, 0.2) is 16.6 Å². The molecule has 2 rings (SSSR count). The van der Waals surface area contributed by atoms with E-state index in [0.29, 0.717) is 6.42 Å². The molecule has 0 radical (unpaired) electrons. The number of carbonyl (C=O) groups excluding carboxylic acids is 1. The smallest absolute Gasteiger partial charge is 0.241 e. The van der Waals surface area contributed by atoms with Crippen LogP contribution in [0.4, 0.5) is 14.5 Å². The lowest BCUT2D eigenvalue weighted by Gasteiger charge is -2.22. The van der Waals surface area contributed by atoms with Gasteiger partial charge in [0, 0.05) is 6.07 Å². The quantitative estimate of drug-likeness (QED) is 0.823. The monoisotopic (exact) mass is 318 g/mol. The highest BCUT2D eigenvalue weighted by atomic mass is 79.9. The Hall–Kier alpha value is -1.01. The molecule has 1 aromatic rings. The average Bonchev–Trinajstić information content (AvgIpc) is 2.37. The van der Waals surface area contributed by atoms with Gasteiger partial charge in [-0.25, -0.2) is 8.78 Å². The minimum Gasteiger partial charge on any atom is -0.322 e. The number of amides is 1.